The number of halogens is 1. The summed E-state index contributed by atoms with van der Waals surface area (Å²) >= 11 is 6.20. The molecule has 0 N–H and O–H groups in total. The lowest BCUT2D eigenvalue weighted by atomic mass is 10.0. The minimum atomic E-state index is -0.577. The van der Waals surface area contributed by atoms with E-state index in [9.17, 15) is 10.1 Å². The summed E-state index contributed by atoms with van der Waals surface area (Å²) in [7, 11) is 4.48. The highest BCUT2D eigenvalue weighted by Gasteiger charge is 2.17. The minimum absolute atomic E-state index is 0.134. The fourth-order valence-electron chi connectivity index (χ4n) is 3.54. The molecule has 0 amide bonds. The number of benzene rings is 3. The summed E-state index contributed by atoms with van der Waals surface area (Å²) in [6.07, 6.45) is 0. The summed E-state index contributed by atoms with van der Waals surface area (Å²) in [5.74, 6) is 1.74. The molecule has 8 nitrogen and oxygen atoms in total. The van der Waals surface area contributed by atoms with E-state index in [4.69, 9.17) is 40.2 Å². The largest absolute Gasteiger partial charge is 0.493 e. The molecule has 3 aromatic carbocycles. The third-order valence-electron chi connectivity index (χ3n) is 5.22. The zero-order chi connectivity index (χ0) is 25.1. The number of nitrogens with zero attached hydrogens (tertiary/aromatic N) is 2. The molecule has 0 unspecified atom stereocenters. The van der Waals surface area contributed by atoms with Crippen LogP contribution in [0.3, 0.4) is 0 Å². The van der Waals surface area contributed by atoms with Crippen molar-refractivity contribution in [2.75, 3.05) is 21.3 Å². The van der Waals surface area contributed by atoms with Gasteiger partial charge in [-0.05, 0) is 42.0 Å². The Morgan fingerprint density at radius 2 is 1.49 bits per heavy atom. The monoisotopic (exact) mass is 488 g/mol. The van der Waals surface area contributed by atoms with Crippen molar-refractivity contribution in [3.05, 3.63) is 75.1 Å². The second-order valence-electron chi connectivity index (χ2n) is 7.22. The number of ether oxygens (including phenoxy) is 4. The standard InChI is InChI=1S/C26H17ClN2O6/c1-31-23-8-15(9-24(32-2)25(23)33-3)19-6-14-4-5-18(11-21(14)35-26(19)30)34-22-10-17(13-29)16(12-28)7-20(22)27/h4-11H,1-3H3. The quantitative estimate of drug-likeness (QED) is 0.318. The SMILES string of the molecule is COc1cc(-c2cc3ccc(Oc4cc(C#N)c(C#N)cc4Cl)cc3oc2=O)cc(OC)c1OC. The van der Waals surface area contributed by atoms with E-state index in [2.05, 4.69) is 0 Å². The Hall–Kier alpha value is -4.66. The second-order valence-corrected chi connectivity index (χ2v) is 7.62. The molecule has 1 heterocycles. The van der Waals surface area contributed by atoms with Gasteiger partial charge in [-0.15, -0.1) is 0 Å². The van der Waals surface area contributed by atoms with Crippen molar-refractivity contribution < 1.29 is 23.4 Å². The number of fused-ring (bicyclic) bond motifs is 1. The van der Waals surface area contributed by atoms with Gasteiger partial charge in [0.2, 0.25) is 5.75 Å². The van der Waals surface area contributed by atoms with Crippen LogP contribution in [0.1, 0.15) is 11.1 Å². The highest BCUT2D eigenvalue weighted by atomic mass is 35.5. The molecule has 35 heavy (non-hydrogen) atoms. The van der Waals surface area contributed by atoms with Crippen LogP contribution in [0.15, 0.2) is 57.7 Å². The fraction of sp³-hybridized carbons (Fsp3) is 0.115. The van der Waals surface area contributed by atoms with Crippen LogP contribution in [0.25, 0.3) is 22.1 Å². The molecular formula is C26H17ClN2O6. The van der Waals surface area contributed by atoms with Gasteiger partial charge >= 0.3 is 5.63 Å². The first-order chi connectivity index (χ1) is 16.9. The van der Waals surface area contributed by atoms with E-state index in [0.29, 0.717) is 39.5 Å². The summed E-state index contributed by atoms with van der Waals surface area (Å²) in [6, 6.07) is 16.5. The van der Waals surface area contributed by atoms with Gasteiger partial charge in [-0.3, -0.25) is 0 Å². The van der Waals surface area contributed by atoms with Crippen LogP contribution in [0.5, 0.6) is 28.7 Å². The summed E-state index contributed by atoms with van der Waals surface area (Å²) in [4.78, 5) is 12.9. The molecule has 1 aromatic heterocycles. The number of hydrogen-bond donors (Lipinski definition) is 0. The maximum atomic E-state index is 12.9. The molecule has 0 spiro atoms. The maximum absolute atomic E-state index is 12.9. The minimum Gasteiger partial charge on any atom is -0.493 e. The summed E-state index contributed by atoms with van der Waals surface area (Å²) in [5, 5.41) is 19.2. The first-order valence-electron chi connectivity index (χ1n) is 10.1. The predicted molar refractivity (Wildman–Crippen MR) is 129 cm³/mol. The normalized spacial score (nSPS) is 10.3. The lowest BCUT2D eigenvalue weighted by molar-refractivity contribution is 0.324. The Kier molecular flexibility index (Phi) is 6.50. The van der Waals surface area contributed by atoms with Gasteiger partial charge in [-0.2, -0.15) is 10.5 Å². The number of rotatable bonds is 6. The Balaban J connectivity index is 1.75. The summed E-state index contributed by atoms with van der Waals surface area (Å²) < 4.78 is 27.5. The predicted octanol–water partition coefficient (Wildman–Crippen LogP) is 5.67. The maximum Gasteiger partial charge on any atom is 0.344 e. The van der Waals surface area contributed by atoms with E-state index in [-0.39, 0.29) is 27.5 Å². The van der Waals surface area contributed by atoms with Crippen molar-refractivity contribution in [1.29, 1.82) is 10.5 Å². The topological polar surface area (TPSA) is 115 Å². The third kappa shape index (κ3) is 4.43. The van der Waals surface area contributed by atoms with E-state index < -0.39 is 5.63 Å². The molecule has 0 aliphatic carbocycles. The number of hydrogen-bond acceptors (Lipinski definition) is 8. The van der Waals surface area contributed by atoms with E-state index >= 15 is 0 Å². The van der Waals surface area contributed by atoms with E-state index in [1.54, 1.807) is 30.3 Å². The van der Waals surface area contributed by atoms with Crippen molar-refractivity contribution in [1.82, 2.24) is 0 Å². The Morgan fingerprint density at radius 3 is 2.09 bits per heavy atom. The van der Waals surface area contributed by atoms with Crippen LogP contribution >= 0.6 is 11.6 Å². The number of nitriles is 2. The van der Waals surface area contributed by atoms with Crippen molar-refractivity contribution >= 4 is 22.6 Å². The molecule has 0 atom stereocenters. The molecule has 0 fully saturated rings. The van der Waals surface area contributed by atoms with Gasteiger partial charge in [-0.1, -0.05) is 11.6 Å². The van der Waals surface area contributed by atoms with Crippen molar-refractivity contribution in [2.45, 2.75) is 0 Å². The zero-order valence-electron chi connectivity index (χ0n) is 18.8. The van der Waals surface area contributed by atoms with Crippen LogP contribution in [0.4, 0.5) is 0 Å². The van der Waals surface area contributed by atoms with Crippen molar-refractivity contribution in [3.63, 3.8) is 0 Å². The van der Waals surface area contributed by atoms with Gasteiger partial charge in [-0.25, -0.2) is 4.79 Å². The molecule has 4 rings (SSSR count). The van der Waals surface area contributed by atoms with Gasteiger partial charge in [0.25, 0.3) is 0 Å². The fourth-order valence-corrected chi connectivity index (χ4v) is 3.74. The lowest BCUT2D eigenvalue weighted by Crippen LogP contribution is -2.04. The molecule has 0 aliphatic heterocycles. The molecule has 0 bridgehead atoms. The van der Waals surface area contributed by atoms with E-state index in [0.717, 1.165) is 0 Å². The molecular weight excluding hydrogens is 472 g/mol. The highest BCUT2D eigenvalue weighted by Crippen LogP contribution is 2.41. The van der Waals surface area contributed by atoms with E-state index in [1.165, 1.54) is 39.5 Å². The molecule has 9 heteroatoms. The van der Waals surface area contributed by atoms with Crippen LogP contribution in [-0.2, 0) is 0 Å². The smallest absolute Gasteiger partial charge is 0.344 e. The zero-order valence-corrected chi connectivity index (χ0v) is 19.6. The van der Waals surface area contributed by atoms with Gasteiger partial charge in [0.05, 0.1) is 43.0 Å². The lowest BCUT2D eigenvalue weighted by Gasteiger charge is -2.14. The molecule has 0 aliphatic rings. The van der Waals surface area contributed by atoms with Gasteiger partial charge in [0.15, 0.2) is 11.5 Å². The van der Waals surface area contributed by atoms with Gasteiger partial charge in [0.1, 0.15) is 29.2 Å². The van der Waals surface area contributed by atoms with Crippen molar-refractivity contribution in [3.8, 4) is 52.0 Å². The van der Waals surface area contributed by atoms with Crippen LogP contribution in [0.2, 0.25) is 5.02 Å². The average Bonchev–Trinajstić information content (AvgIpc) is 2.88. The molecule has 4 aromatic rings. The number of methoxy groups -OCH3 is 3. The Bertz CT molecular complexity index is 1570. The third-order valence-corrected chi connectivity index (χ3v) is 5.52. The first-order valence-corrected chi connectivity index (χ1v) is 10.5. The molecule has 0 radical (unpaired) electrons. The molecule has 0 saturated carbocycles. The Morgan fingerprint density at radius 1 is 0.829 bits per heavy atom. The van der Waals surface area contributed by atoms with Gasteiger partial charge < -0.3 is 23.4 Å². The average molecular weight is 489 g/mol. The van der Waals surface area contributed by atoms with Crippen LogP contribution < -0.4 is 24.6 Å². The Labute approximate surface area is 205 Å². The first kappa shape index (κ1) is 23.5. The molecule has 0 saturated heterocycles. The van der Waals surface area contributed by atoms with Crippen LogP contribution in [-0.4, -0.2) is 21.3 Å². The van der Waals surface area contributed by atoms with Crippen molar-refractivity contribution in [2.24, 2.45) is 0 Å². The summed E-state index contributed by atoms with van der Waals surface area (Å²) in [5.41, 5.74) is 0.826. The molecule has 174 valence electrons. The summed E-state index contributed by atoms with van der Waals surface area (Å²) in [6.45, 7) is 0. The second kappa shape index (κ2) is 9.68. The van der Waals surface area contributed by atoms with Gasteiger partial charge in [0, 0.05) is 17.5 Å². The van der Waals surface area contributed by atoms with Crippen LogP contribution in [0, 0.1) is 22.7 Å². The highest BCUT2D eigenvalue weighted by molar-refractivity contribution is 6.32. The van der Waals surface area contributed by atoms with E-state index in [1.807, 2.05) is 12.1 Å².